The zero-order chi connectivity index (χ0) is 13.0. The van der Waals surface area contributed by atoms with Crippen molar-refractivity contribution >= 4 is 17.5 Å². The molecule has 6 nitrogen and oxygen atoms in total. The highest BCUT2D eigenvalue weighted by molar-refractivity contribution is 6.28. The summed E-state index contributed by atoms with van der Waals surface area (Å²) in [6.07, 6.45) is 7.17. The zero-order valence-electron chi connectivity index (χ0n) is 10.3. The summed E-state index contributed by atoms with van der Waals surface area (Å²) in [5.41, 5.74) is 0. The maximum atomic E-state index is 5.89. The van der Waals surface area contributed by atoms with Crippen LogP contribution in [0.1, 0.15) is 26.7 Å². The minimum atomic E-state index is 0.167. The molecule has 0 saturated carbocycles. The van der Waals surface area contributed by atoms with Crippen molar-refractivity contribution in [3.05, 3.63) is 24.0 Å². The molecule has 2 heterocycles. The largest absolute Gasteiger partial charge is 0.352 e. The van der Waals surface area contributed by atoms with Gasteiger partial charge in [0.1, 0.15) is 6.33 Å². The molecular formula is C11H15ClN6. The molecule has 2 aromatic rings. The normalized spacial score (nSPS) is 12.4. The fourth-order valence-electron chi connectivity index (χ4n) is 1.62. The lowest BCUT2D eigenvalue weighted by molar-refractivity contribution is 0.681. The van der Waals surface area contributed by atoms with Crippen molar-refractivity contribution in [2.45, 2.75) is 32.7 Å². The molecule has 0 radical (unpaired) electrons. The van der Waals surface area contributed by atoms with Crippen molar-refractivity contribution in [2.75, 3.05) is 5.32 Å². The van der Waals surface area contributed by atoms with Crippen molar-refractivity contribution in [1.82, 2.24) is 24.5 Å². The molecule has 0 aliphatic heterocycles. The summed E-state index contributed by atoms with van der Waals surface area (Å²) in [4.78, 5) is 16.4. The van der Waals surface area contributed by atoms with E-state index < -0.39 is 0 Å². The molecule has 0 aliphatic rings. The van der Waals surface area contributed by atoms with Gasteiger partial charge >= 0.3 is 0 Å². The first-order chi connectivity index (χ1) is 8.69. The van der Waals surface area contributed by atoms with Crippen LogP contribution in [0.25, 0.3) is 5.95 Å². The van der Waals surface area contributed by atoms with Crippen LogP contribution >= 0.6 is 11.6 Å². The predicted molar refractivity (Wildman–Crippen MR) is 70.0 cm³/mol. The number of nitrogens with one attached hydrogen (secondary N) is 1. The Morgan fingerprint density at radius 3 is 2.89 bits per heavy atom. The first-order valence-electron chi connectivity index (χ1n) is 5.85. The maximum Gasteiger partial charge on any atom is 0.241 e. The summed E-state index contributed by atoms with van der Waals surface area (Å²) >= 11 is 5.89. The van der Waals surface area contributed by atoms with Crippen LogP contribution in [0.15, 0.2) is 18.7 Å². The SMILES string of the molecule is CCCC(C)Nc1nc(Cl)nc(-n2ccnc2)n1. The molecular weight excluding hydrogens is 252 g/mol. The standard InChI is InChI=1S/C11H15ClN6/c1-3-4-8(2)14-10-15-9(12)16-11(17-10)18-6-5-13-7-18/h5-8H,3-4H2,1-2H3,(H,14,15,16,17). The Labute approximate surface area is 110 Å². The predicted octanol–water partition coefficient (Wildman–Crippen LogP) is 2.31. The number of nitrogens with zero attached hydrogens (tertiary/aromatic N) is 5. The van der Waals surface area contributed by atoms with Crippen LogP contribution in [-0.4, -0.2) is 30.5 Å². The fraction of sp³-hybridized carbons (Fsp3) is 0.455. The topological polar surface area (TPSA) is 68.5 Å². The van der Waals surface area contributed by atoms with E-state index >= 15 is 0 Å². The van der Waals surface area contributed by atoms with Gasteiger partial charge < -0.3 is 5.32 Å². The minimum absolute atomic E-state index is 0.167. The van der Waals surface area contributed by atoms with E-state index in [2.05, 4.69) is 39.1 Å². The van der Waals surface area contributed by atoms with E-state index in [9.17, 15) is 0 Å². The monoisotopic (exact) mass is 266 g/mol. The summed E-state index contributed by atoms with van der Waals surface area (Å²) in [6.45, 7) is 4.22. The van der Waals surface area contributed by atoms with Crippen LogP contribution in [-0.2, 0) is 0 Å². The summed E-state index contributed by atoms with van der Waals surface area (Å²) in [7, 11) is 0. The van der Waals surface area contributed by atoms with E-state index in [1.807, 2.05) is 0 Å². The first-order valence-corrected chi connectivity index (χ1v) is 6.23. The second kappa shape index (κ2) is 5.77. The molecule has 2 rings (SSSR count). The molecule has 2 aromatic heterocycles. The molecule has 0 aromatic carbocycles. The Morgan fingerprint density at radius 1 is 1.39 bits per heavy atom. The Balaban J connectivity index is 2.22. The number of aromatic nitrogens is 5. The summed E-state index contributed by atoms with van der Waals surface area (Å²) in [6, 6.07) is 0.295. The highest BCUT2D eigenvalue weighted by Gasteiger charge is 2.08. The number of hydrogen-bond donors (Lipinski definition) is 1. The molecule has 0 saturated heterocycles. The van der Waals surface area contributed by atoms with Gasteiger partial charge in [-0.3, -0.25) is 4.57 Å². The zero-order valence-corrected chi connectivity index (χ0v) is 11.1. The smallest absolute Gasteiger partial charge is 0.241 e. The Morgan fingerprint density at radius 2 is 2.22 bits per heavy atom. The van der Waals surface area contributed by atoms with Gasteiger partial charge in [-0.15, -0.1) is 0 Å². The molecule has 18 heavy (non-hydrogen) atoms. The summed E-state index contributed by atoms with van der Waals surface area (Å²) < 4.78 is 1.68. The number of imidazole rings is 1. The third-order valence-electron chi connectivity index (χ3n) is 2.43. The Hall–Kier alpha value is -1.69. The van der Waals surface area contributed by atoms with Crippen LogP contribution in [0.4, 0.5) is 5.95 Å². The number of rotatable bonds is 5. The number of hydrogen-bond acceptors (Lipinski definition) is 5. The van der Waals surface area contributed by atoms with Crippen molar-refractivity contribution in [3.8, 4) is 5.95 Å². The van der Waals surface area contributed by atoms with Crippen LogP contribution in [0, 0.1) is 0 Å². The minimum Gasteiger partial charge on any atom is -0.352 e. The van der Waals surface area contributed by atoms with Crippen LogP contribution in [0.2, 0.25) is 5.28 Å². The van der Waals surface area contributed by atoms with Gasteiger partial charge in [0.25, 0.3) is 0 Å². The molecule has 0 amide bonds. The third kappa shape index (κ3) is 3.16. The van der Waals surface area contributed by atoms with E-state index in [1.54, 1.807) is 23.3 Å². The van der Waals surface area contributed by atoms with Gasteiger partial charge in [-0.05, 0) is 24.9 Å². The molecule has 1 N–H and O–H groups in total. The van der Waals surface area contributed by atoms with Crippen molar-refractivity contribution in [3.63, 3.8) is 0 Å². The second-order valence-electron chi connectivity index (χ2n) is 4.03. The van der Waals surface area contributed by atoms with Gasteiger partial charge in [-0.2, -0.15) is 15.0 Å². The van der Waals surface area contributed by atoms with Crippen LogP contribution < -0.4 is 5.32 Å². The van der Waals surface area contributed by atoms with Gasteiger partial charge in [0.15, 0.2) is 0 Å². The fourth-order valence-corrected chi connectivity index (χ4v) is 1.78. The van der Waals surface area contributed by atoms with E-state index in [1.165, 1.54) is 0 Å². The quantitative estimate of drug-likeness (QED) is 0.899. The Bertz CT molecular complexity index is 498. The molecule has 1 atom stereocenters. The molecule has 96 valence electrons. The summed E-state index contributed by atoms with van der Waals surface area (Å²) in [5, 5.41) is 3.37. The van der Waals surface area contributed by atoms with E-state index in [0.717, 1.165) is 12.8 Å². The van der Waals surface area contributed by atoms with Crippen LogP contribution in [0.3, 0.4) is 0 Å². The molecule has 0 fully saturated rings. The Kier molecular flexibility index (Phi) is 4.09. The van der Waals surface area contributed by atoms with Crippen molar-refractivity contribution in [2.24, 2.45) is 0 Å². The van der Waals surface area contributed by atoms with Crippen molar-refractivity contribution < 1.29 is 0 Å². The lowest BCUT2D eigenvalue weighted by Crippen LogP contribution is -2.17. The summed E-state index contributed by atoms with van der Waals surface area (Å²) in [5.74, 6) is 0.943. The number of halogens is 1. The highest BCUT2D eigenvalue weighted by Crippen LogP contribution is 2.11. The second-order valence-corrected chi connectivity index (χ2v) is 4.37. The van der Waals surface area contributed by atoms with Gasteiger partial charge in [-0.1, -0.05) is 13.3 Å². The number of anilines is 1. The van der Waals surface area contributed by atoms with E-state index in [0.29, 0.717) is 17.9 Å². The van der Waals surface area contributed by atoms with Crippen molar-refractivity contribution in [1.29, 1.82) is 0 Å². The average Bonchev–Trinajstić information content (AvgIpc) is 2.81. The van der Waals surface area contributed by atoms with Gasteiger partial charge in [0.05, 0.1) is 0 Å². The average molecular weight is 267 g/mol. The lowest BCUT2D eigenvalue weighted by atomic mass is 10.2. The molecule has 0 aliphatic carbocycles. The first kappa shape index (κ1) is 12.8. The lowest BCUT2D eigenvalue weighted by Gasteiger charge is -2.13. The molecule has 0 spiro atoms. The molecule has 0 bridgehead atoms. The van der Waals surface area contributed by atoms with Gasteiger partial charge in [-0.25, -0.2) is 4.98 Å². The van der Waals surface area contributed by atoms with E-state index in [4.69, 9.17) is 11.6 Å². The molecule has 1 unspecified atom stereocenters. The van der Waals surface area contributed by atoms with Gasteiger partial charge in [0.2, 0.25) is 17.2 Å². The maximum absolute atomic E-state index is 5.89. The highest BCUT2D eigenvalue weighted by atomic mass is 35.5. The third-order valence-corrected chi connectivity index (χ3v) is 2.60. The van der Waals surface area contributed by atoms with Crippen LogP contribution in [0.5, 0.6) is 0 Å². The molecule has 7 heteroatoms. The van der Waals surface area contributed by atoms with E-state index in [-0.39, 0.29) is 5.28 Å². The van der Waals surface area contributed by atoms with Gasteiger partial charge in [0, 0.05) is 18.4 Å².